The number of nitrogens with zero attached hydrogens (tertiary/aromatic N) is 1. The van der Waals surface area contributed by atoms with Crippen LogP contribution in [0.3, 0.4) is 0 Å². The van der Waals surface area contributed by atoms with Crippen LogP contribution in [0.4, 0.5) is 5.13 Å². The molecule has 0 saturated heterocycles. The number of aryl methyl sites for hydroxylation is 1. The van der Waals surface area contributed by atoms with E-state index in [1.807, 2.05) is 24.3 Å². The lowest BCUT2D eigenvalue weighted by Gasteiger charge is -2.06. The van der Waals surface area contributed by atoms with Gasteiger partial charge >= 0.3 is 0 Å². The fraction of sp³-hybridized carbons (Fsp3) is 0.250. The van der Waals surface area contributed by atoms with E-state index in [9.17, 15) is 9.59 Å². The van der Waals surface area contributed by atoms with Gasteiger partial charge in [0.25, 0.3) is 5.91 Å². The molecule has 0 aliphatic heterocycles. The molecule has 2 amide bonds. The minimum Gasteiger partial charge on any atom is -0.484 e. The number of aromatic nitrogens is 1. The van der Waals surface area contributed by atoms with Crippen LogP contribution in [0.15, 0.2) is 46.2 Å². The lowest BCUT2D eigenvalue weighted by atomic mass is 10.2. The predicted octanol–water partition coefficient (Wildman–Crippen LogP) is 3.62. The summed E-state index contributed by atoms with van der Waals surface area (Å²) in [4.78, 5) is 27.4. The van der Waals surface area contributed by atoms with Crippen molar-refractivity contribution in [3.8, 4) is 17.2 Å². The molecule has 2 N–H and O–H groups in total. The van der Waals surface area contributed by atoms with Crippen molar-refractivity contribution in [3.05, 3.63) is 53.1 Å². The Morgan fingerprint density at radius 1 is 1.18 bits per heavy atom. The fourth-order valence-corrected chi connectivity index (χ4v) is 3.11. The molecule has 146 valence electrons. The summed E-state index contributed by atoms with van der Waals surface area (Å²) in [6.45, 7) is 3.75. The van der Waals surface area contributed by atoms with Gasteiger partial charge < -0.3 is 14.5 Å². The molecule has 0 saturated carbocycles. The topological polar surface area (TPSA) is 93.5 Å². The second kappa shape index (κ2) is 9.18. The number of carbonyl (C=O) groups is 2. The summed E-state index contributed by atoms with van der Waals surface area (Å²) in [5.74, 6) is 1.44. The number of thiazole rings is 1. The number of ether oxygens (including phenoxy) is 1. The van der Waals surface area contributed by atoms with Gasteiger partial charge in [0.15, 0.2) is 17.5 Å². The Balaban J connectivity index is 1.52. The molecule has 28 heavy (non-hydrogen) atoms. The van der Waals surface area contributed by atoms with Crippen LogP contribution in [-0.4, -0.2) is 23.4 Å². The Bertz CT molecular complexity index is 947. The predicted molar refractivity (Wildman–Crippen MR) is 107 cm³/mol. The zero-order valence-corrected chi connectivity index (χ0v) is 16.5. The number of hydrogen-bond donors (Lipinski definition) is 2. The lowest BCUT2D eigenvalue weighted by molar-refractivity contribution is -0.119. The minimum atomic E-state index is -0.286. The Morgan fingerprint density at radius 2 is 1.96 bits per heavy atom. The van der Waals surface area contributed by atoms with E-state index in [1.54, 1.807) is 17.5 Å². The van der Waals surface area contributed by atoms with Crippen molar-refractivity contribution >= 4 is 28.3 Å². The number of amides is 2. The van der Waals surface area contributed by atoms with Gasteiger partial charge in [0, 0.05) is 12.3 Å². The van der Waals surface area contributed by atoms with Crippen molar-refractivity contribution in [1.82, 2.24) is 10.3 Å². The summed E-state index contributed by atoms with van der Waals surface area (Å²) >= 11 is 1.30. The van der Waals surface area contributed by atoms with E-state index in [2.05, 4.69) is 22.5 Å². The first-order valence-corrected chi connectivity index (χ1v) is 9.72. The van der Waals surface area contributed by atoms with Crippen molar-refractivity contribution in [3.63, 3.8) is 0 Å². The van der Waals surface area contributed by atoms with Crippen LogP contribution in [0.2, 0.25) is 0 Å². The Labute approximate surface area is 166 Å². The summed E-state index contributed by atoms with van der Waals surface area (Å²) in [5.41, 5.74) is 1.83. The average Bonchev–Trinajstić information content (AvgIpc) is 3.34. The molecule has 0 aliphatic rings. The molecule has 0 fully saturated rings. The maximum atomic E-state index is 12.1. The molecule has 1 aromatic carbocycles. The number of benzene rings is 1. The quantitative estimate of drug-likeness (QED) is 0.603. The molecule has 3 aromatic rings. The zero-order valence-electron chi connectivity index (χ0n) is 15.7. The summed E-state index contributed by atoms with van der Waals surface area (Å²) in [5, 5.41) is 7.64. The van der Waals surface area contributed by atoms with Gasteiger partial charge in [0.2, 0.25) is 5.91 Å². The zero-order chi connectivity index (χ0) is 19.9. The minimum absolute atomic E-state index is 0.0952. The van der Waals surface area contributed by atoms with Crippen LogP contribution in [0.1, 0.15) is 25.2 Å². The summed E-state index contributed by atoms with van der Waals surface area (Å²) in [6.07, 6.45) is 0.956. The molecule has 0 unspecified atom stereocenters. The number of anilines is 1. The van der Waals surface area contributed by atoms with E-state index >= 15 is 0 Å². The van der Waals surface area contributed by atoms with Crippen molar-refractivity contribution in [2.75, 3.05) is 11.9 Å². The van der Waals surface area contributed by atoms with Gasteiger partial charge in [-0.15, -0.1) is 11.3 Å². The number of furan rings is 1. The molecule has 0 aliphatic carbocycles. The van der Waals surface area contributed by atoms with E-state index in [0.717, 1.165) is 6.42 Å². The van der Waals surface area contributed by atoms with E-state index < -0.39 is 0 Å². The third kappa shape index (κ3) is 5.43. The third-order valence-corrected chi connectivity index (χ3v) is 4.64. The molecule has 0 spiro atoms. The molecular weight excluding hydrogens is 378 g/mol. The van der Waals surface area contributed by atoms with Crippen LogP contribution in [0, 0.1) is 0 Å². The van der Waals surface area contributed by atoms with Gasteiger partial charge in [-0.05, 0) is 36.2 Å². The first-order valence-electron chi connectivity index (χ1n) is 8.84. The van der Waals surface area contributed by atoms with Crippen LogP contribution in [0.5, 0.6) is 5.75 Å². The van der Waals surface area contributed by atoms with Crippen LogP contribution < -0.4 is 15.4 Å². The molecule has 0 radical (unpaired) electrons. The summed E-state index contributed by atoms with van der Waals surface area (Å²) in [7, 11) is 0. The van der Waals surface area contributed by atoms with E-state index in [-0.39, 0.29) is 18.4 Å². The first-order chi connectivity index (χ1) is 13.5. The average molecular weight is 399 g/mol. The molecular formula is C20H21N3O4S. The monoisotopic (exact) mass is 399 g/mol. The Kier molecular flexibility index (Phi) is 6.44. The smallest absolute Gasteiger partial charge is 0.264 e. The second-order valence-electron chi connectivity index (χ2n) is 6.05. The normalized spacial score (nSPS) is 10.5. The van der Waals surface area contributed by atoms with Crippen molar-refractivity contribution in [2.24, 2.45) is 0 Å². The van der Waals surface area contributed by atoms with Gasteiger partial charge in [-0.1, -0.05) is 19.1 Å². The maximum Gasteiger partial charge on any atom is 0.264 e. The van der Waals surface area contributed by atoms with Gasteiger partial charge in [0.05, 0.1) is 6.54 Å². The van der Waals surface area contributed by atoms with E-state index in [0.29, 0.717) is 34.6 Å². The highest BCUT2D eigenvalue weighted by atomic mass is 32.1. The Hall–Kier alpha value is -3.13. The Morgan fingerprint density at radius 3 is 2.68 bits per heavy atom. The maximum absolute atomic E-state index is 12.1. The molecule has 2 heterocycles. The van der Waals surface area contributed by atoms with E-state index in [1.165, 1.54) is 23.8 Å². The summed E-state index contributed by atoms with van der Waals surface area (Å²) in [6, 6.07) is 11.2. The highest BCUT2D eigenvalue weighted by Crippen LogP contribution is 2.26. The van der Waals surface area contributed by atoms with Crippen molar-refractivity contribution in [1.29, 1.82) is 0 Å². The molecule has 0 bridgehead atoms. The third-order valence-electron chi connectivity index (χ3n) is 3.88. The number of carbonyl (C=O) groups excluding carboxylic acids is 2. The van der Waals surface area contributed by atoms with Crippen LogP contribution >= 0.6 is 11.3 Å². The van der Waals surface area contributed by atoms with Gasteiger partial charge in [-0.2, -0.15) is 0 Å². The van der Waals surface area contributed by atoms with Gasteiger partial charge in [-0.3, -0.25) is 14.9 Å². The summed E-state index contributed by atoms with van der Waals surface area (Å²) < 4.78 is 11.1. The van der Waals surface area contributed by atoms with Crippen LogP contribution in [0.25, 0.3) is 11.5 Å². The molecule has 8 heteroatoms. The second-order valence-corrected chi connectivity index (χ2v) is 6.91. The first kappa shape index (κ1) is 19.6. The van der Waals surface area contributed by atoms with Crippen molar-refractivity contribution in [2.45, 2.75) is 26.8 Å². The molecule has 2 aromatic heterocycles. The van der Waals surface area contributed by atoms with Gasteiger partial charge in [0.1, 0.15) is 17.2 Å². The van der Waals surface area contributed by atoms with Crippen LogP contribution in [-0.2, 0) is 22.6 Å². The van der Waals surface area contributed by atoms with Gasteiger partial charge in [-0.25, -0.2) is 4.98 Å². The van der Waals surface area contributed by atoms with E-state index in [4.69, 9.17) is 9.15 Å². The number of rotatable bonds is 8. The number of nitrogens with one attached hydrogen (secondary N) is 2. The molecule has 0 atom stereocenters. The molecule has 3 rings (SSSR count). The molecule has 7 nitrogen and oxygen atoms in total. The highest BCUT2D eigenvalue weighted by molar-refractivity contribution is 7.14. The largest absolute Gasteiger partial charge is 0.484 e. The standard InChI is InChI=1S/C20H21N3O4S/c1-3-14-4-6-15(7-5-14)26-11-19(25)23-20-22-17(12-28-20)18-9-8-16(27-18)10-21-13(2)24/h4-9,12H,3,10-11H2,1-2H3,(H,21,24)(H,22,23,25). The highest BCUT2D eigenvalue weighted by Gasteiger charge is 2.12. The number of hydrogen-bond acceptors (Lipinski definition) is 6. The lowest BCUT2D eigenvalue weighted by Crippen LogP contribution is -2.20. The SMILES string of the molecule is CCc1ccc(OCC(=O)Nc2nc(-c3ccc(CNC(C)=O)o3)cs2)cc1. The fourth-order valence-electron chi connectivity index (χ4n) is 2.39. The van der Waals surface area contributed by atoms with Crippen molar-refractivity contribution < 1.29 is 18.7 Å².